The minimum absolute atomic E-state index is 0.153. The average molecular weight is 451 g/mol. The number of aromatic hydroxyl groups is 1. The van der Waals surface area contributed by atoms with Gasteiger partial charge in [0.25, 0.3) is 0 Å². The third kappa shape index (κ3) is 3.86. The highest BCUT2D eigenvalue weighted by Gasteiger charge is 2.20. The van der Waals surface area contributed by atoms with Crippen LogP contribution in [0.3, 0.4) is 0 Å². The van der Waals surface area contributed by atoms with Crippen LogP contribution in [0.15, 0.2) is 84.9 Å². The number of hydrogen-bond donors (Lipinski definition) is 2. The van der Waals surface area contributed by atoms with Crippen molar-refractivity contribution in [2.75, 3.05) is 0 Å². The first-order valence-corrected chi connectivity index (χ1v) is 11.3. The normalized spacial score (nSPS) is 11.4. The van der Waals surface area contributed by atoms with Crippen molar-refractivity contribution in [1.29, 1.82) is 0 Å². The second-order valence-electron chi connectivity index (χ2n) is 8.80. The smallest absolute Gasteiger partial charge is 0.249 e. The SMILES string of the molecule is CC(C)c1cc(O)c2c3c(C(N)=O)cccc3n(Cc3cccc(Oc4ccccc4)c3)c2c1. The van der Waals surface area contributed by atoms with Gasteiger partial charge in [-0.3, -0.25) is 4.79 Å². The van der Waals surface area contributed by atoms with E-state index in [1.54, 1.807) is 12.1 Å². The van der Waals surface area contributed by atoms with Gasteiger partial charge in [0.1, 0.15) is 17.2 Å². The van der Waals surface area contributed by atoms with Gasteiger partial charge in [0.15, 0.2) is 0 Å². The molecule has 1 heterocycles. The molecule has 0 saturated heterocycles. The molecular weight excluding hydrogens is 424 g/mol. The average Bonchev–Trinajstić information content (AvgIpc) is 3.14. The van der Waals surface area contributed by atoms with Gasteiger partial charge in [-0.1, -0.05) is 50.2 Å². The number of phenols is 1. The first-order valence-electron chi connectivity index (χ1n) is 11.3. The fourth-order valence-electron chi connectivity index (χ4n) is 4.48. The summed E-state index contributed by atoms with van der Waals surface area (Å²) in [6, 6.07) is 27.0. The summed E-state index contributed by atoms with van der Waals surface area (Å²) in [5.41, 5.74) is 9.87. The number of phenolic OH excluding ortho intramolecular Hbond substituents is 1. The molecule has 170 valence electrons. The molecule has 0 aliphatic heterocycles. The van der Waals surface area contributed by atoms with Crippen molar-refractivity contribution in [2.45, 2.75) is 26.3 Å². The third-order valence-electron chi connectivity index (χ3n) is 6.14. The van der Waals surface area contributed by atoms with E-state index >= 15 is 0 Å². The monoisotopic (exact) mass is 450 g/mol. The summed E-state index contributed by atoms with van der Waals surface area (Å²) in [7, 11) is 0. The van der Waals surface area contributed by atoms with Crippen molar-refractivity contribution in [2.24, 2.45) is 5.73 Å². The fourth-order valence-corrected chi connectivity index (χ4v) is 4.48. The molecule has 0 aliphatic carbocycles. The summed E-state index contributed by atoms with van der Waals surface area (Å²) < 4.78 is 8.15. The van der Waals surface area contributed by atoms with Crippen LogP contribution >= 0.6 is 0 Å². The summed E-state index contributed by atoms with van der Waals surface area (Å²) in [6.45, 7) is 4.72. The summed E-state index contributed by atoms with van der Waals surface area (Å²) in [5.74, 6) is 1.39. The van der Waals surface area contributed by atoms with Crippen LogP contribution in [0.5, 0.6) is 17.2 Å². The Kier molecular flexibility index (Phi) is 5.46. The highest BCUT2D eigenvalue weighted by molar-refractivity contribution is 6.19. The summed E-state index contributed by atoms with van der Waals surface area (Å²) in [4.78, 5) is 12.2. The molecule has 5 nitrogen and oxygen atoms in total. The van der Waals surface area contributed by atoms with E-state index in [1.165, 1.54) is 0 Å². The number of aromatic nitrogens is 1. The van der Waals surface area contributed by atoms with Gasteiger partial charge in [0.2, 0.25) is 5.91 Å². The number of carbonyl (C=O) groups excluding carboxylic acids is 1. The van der Waals surface area contributed by atoms with Crippen LogP contribution in [0.2, 0.25) is 0 Å². The van der Waals surface area contributed by atoms with E-state index in [1.807, 2.05) is 66.7 Å². The maximum Gasteiger partial charge on any atom is 0.249 e. The van der Waals surface area contributed by atoms with Gasteiger partial charge in [0, 0.05) is 17.5 Å². The molecule has 5 rings (SSSR count). The molecule has 34 heavy (non-hydrogen) atoms. The van der Waals surface area contributed by atoms with E-state index in [-0.39, 0.29) is 11.7 Å². The lowest BCUT2D eigenvalue weighted by Gasteiger charge is -2.12. The summed E-state index contributed by atoms with van der Waals surface area (Å²) in [5, 5.41) is 12.3. The van der Waals surface area contributed by atoms with Crippen molar-refractivity contribution in [3.05, 3.63) is 102 Å². The van der Waals surface area contributed by atoms with Crippen LogP contribution < -0.4 is 10.5 Å². The molecule has 5 heteroatoms. The van der Waals surface area contributed by atoms with Crippen LogP contribution in [0.1, 0.15) is 41.3 Å². The van der Waals surface area contributed by atoms with Gasteiger partial charge in [0.05, 0.1) is 16.4 Å². The number of carbonyl (C=O) groups is 1. The standard InChI is InChI=1S/C29H26N2O3/c1-18(2)20-15-25-28(26(32)16-20)27-23(29(30)33)12-7-13-24(27)31(25)17-19-8-6-11-22(14-19)34-21-9-4-3-5-10-21/h3-16,18,32H,17H2,1-2H3,(H2,30,33). The highest BCUT2D eigenvalue weighted by Crippen LogP contribution is 2.39. The first kappa shape index (κ1) is 21.6. The highest BCUT2D eigenvalue weighted by atomic mass is 16.5. The van der Waals surface area contributed by atoms with E-state index in [0.29, 0.717) is 22.9 Å². The number of benzene rings is 4. The summed E-state index contributed by atoms with van der Waals surface area (Å²) >= 11 is 0. The number of primary amides is 1. The van der Waals surface area contributed by atoms with Gasteiger partial charge < -0.3 is 20.1 Å². The Labute approximate surface area is 198 Å². The number of rotatable bonds is 6. The Morgan fingerprint density at radius 1 is 0.882 bits per heavy atom. The van der Waals surface area contributed by atoms with Crippen molar-refractivity contribution < 1.29 is 14.6 Å². The molecule has 0 radical (unpaired) electrons. The molecular formula is C29H26N2O3. The number of nitrogens with two attached hydrogens (primary N) is 1. The lowest BCUT2D eigenvalue weighted by molar-refractivity contribution is 0.100. The van der Waals surface area contributed by atoms with Crippen LogP contribution in [0.25, 0.3) is 21.8 Å². The molecule has 0 unspecified atom stereocenters. The molecule has 3 N–H and O–H groups in total. The third-order valence-corrected chi connectivity index (χ3v) is 6.14. The Morgan fingerprint density at radius 2 is 1.62 bits per heavy atom. The van der Waals surface area contributed by atoms with Crippen molar-refractivity contribution in [3.63, 3.8) is 0 Å². The maximum absolute atomic E-state index is 12.2. The molecule has 0 bridgehead atoms. The van der Waals surface area contributed by atoms with E-state index in [2.05, 4.69) is 24.5 Å². The van der Waals surface area contributed by atoms with E-state index in [0.717, 1.165) is 33.7 Å². The lowest BCUT2D eigenvalue weighted by Crippen LogP contribution is -2.11. The molecule has 4 aromatic carbocycles. The minimum atomic E-state index is -0.518. The number of amides is 1. The van der Waals surface area contributed by atoms with Crippen LogP contribution in [0.4, 0.5) is 0 Å². The van der Waals surface area contributed by atoms with Crippen LogP contribution in [-0.2, 0) is 6.54 Å². The predicted octanol–water partition coefficient (Wildman–Crippen LogP) is 6.56. The Balaban J connectivity index is 1.68. The minimum Gasteiger partial charge on any atom is -0.507 e. The van der Waals surface area contributed by atoms with Gasteiger partial charge in [-0.05, 0) is 65.6 Å². The predicted molar refractivity (Wildman–Crippen MR) is 136 cm³/mol. The number of fused-ring (bicyclic) bond motifs is 3. The second kappa shape index (κ2) is 8.60. The number of hydrogen-bond acceptors (Lipinski definition) is 3. The molecule has 5 aromatic rings. The van der Waals surface area contributed by atoms with Gasteiger partial charge in [-0.15, -0.1) is 0 Å². The number of para-hydroxylation sites is 1. The van der Waals surface area contributed by atoms with Gasteiger partial charge >= 0.3 is 0 Å². The molecule has 1 aromatic heterocycles. The molecule has 0 spiro atoms. The van der Waals surface area contributed by atoms with E-state index in [4.69, 9.17) is 10.5 Å². The zero-order valence-electron chi connectivity index (χ0n) is 19.2. The Bertz CT molecular complexity index is 1520. The Morgan fingerprint density at radius 3 is 2.35 bits per heavy atom. The zero-order chi connectivity index (χ0) is 23.8. The van der Waals surface area contributed by atoms with Crippen LogP contribution in [0, 0.1) is 0 Å². The lowest BCUT2D eigenvalue weighted by atomic mass is 9.99. The largest absolute Gasteiger partial charge is 0.507 e. The quantitative estimate of drug-likeness (QED) is 0.307. The topological polar surface area (TPSA) is 77.5 Å². The first-order chi connectivity index (χ1) is 16.4. The van der Waals surface area contributed by atoms with Gasteiger partial charge in [-0.2, -0.15) is 0 Å². The van der Waals surface area contributed by atoms with Crippen molar-refractivity contribution in [1.82, 2.24) is 4.57 Å². The van der Waals surface area contributed by atoms with E-state index in [9.17, 15) is 9.90 Å². The zero-order valence-corrected chi connectivity index (χ0v) is 19.2. The van der Waals surface area contributed by atoms with Crippen molar-refractivity contribution in [3.8, 4) is 17.2 Å². The van der Waals surface area contributed by atoms with Gasteiger partial charge in [-0.25, -0.2) is 0 Å². The van der Waals surface area contributed by atoms with Crippen LogP contribution in [-0.4, -0.2) is 15.6 Å². The molecule has 0 aliphatic rings. The molecule has 0 atom stereocenters. The number of ether oxygens (including phenoxy) is 1. The van der Waals surface area contributed by atoms with E-state index < -0.39 is 5.91 Å². The molecule has 1 amide bonds. The maximum atomic E-state index is 12.2. The second-order valence-corrected chi connectivity index (χ2v) is 8.80. The number of nitrogens with zero attached hydrogens (tertiary/aromatic N) is 1. The van der Waals surface area contributed by atoms with Crippen molar-refractivity contribution >= 4 is 27.7 Å². The molecule has 0 fully saturated rings. The summed E-state index contributed by atoms with van der Waals surface area (Å²) in [6.07, 6.45) is 0. The molecule has 0 saturated carbocycles. The fraction of sp³-hybridized carbons (Fsp3) is 0.138. The Hall–Kier alpha value is -4.25.